The molecule has 0 aliphatic heterocycles. The topological polar surface area (TPSA) is 155 Å². The maximum atomic E-state index is 13.3. The quantitative estimate of drug-likeness (QED) is 0.0129. The summed E-state index contributed by atoms with van der Waals surface area (Å²) in [6, 6.07) is 48.4. The summed E-state index contributed by atoms with van der Waals surface area (Å²) in [4.78, 5) is 54.0. The van der Waals surface area contributed by atoms with Gasteiger partial charge < -0.3 is 37.9 Å². The maximum Gasteiger partial charge on any atom is 0.343 e. The van der Waals surface area contributed by atoms with Crippen LogP contribution in [0.3, 0.4) is 0 Å². The van der Waals surface area contributed by atoms with Gasteiger partial charge >= 0.3 is 23.9 Å². The zero-order valence-corrected chi connectivity index (χ0v) is 46.4. The second-order valence-corrected chi connectivity index (χ2v) is 19.5. The highest BCUT2D eigenvalue weighted by Gasteiger charge is 2.17. The lowest BCUT2D eigenvalue weighted by Crippen LogP contribution is -2.08. The number of fused-ring (bicyclic) bond motifs is 3. The smallest absolute Gasteiger partial charge is 0.343 e. The van der Waals surface area contributed by atoms with Crippen molar-refractivity contribution in [1.82, 2.24) is 4.98 Å². The van der Waals surface area contributed by atoms with Crippen LogP contribution >= 0.6 is 0 Å². The lowest BCUT2D eigenvalue weighted by Gasteiger charge is -2.14. The third kappa shape index (κ3) is 17.6. The Kier molecular flexibility index (Phi) is 22.2. The molecule has 1 heterocycles. The zero-order valence-electron chi connectivity index (χ0n) is 46.4. The number of rotatable bonds is 32. The van der Waals surface area contributed by atoms with Gasteiger partial charge in [-0.15, -0.1) is 0 Å². The van der Waals surface area contributed by atoms with Gasteiger partial charge in [0.2, 0.25) is 5.88 Å². The first-order valence-corrected chi connectivity index (χ1v) is 28.1. The van der Waals surface area contributed by atoms with Crippen molar-refractivity contribution in [2.45, 2.75) is 84.0 Å². The van der Waals surface area contributed by atoms with E-state index in [1.165, 1.54) is 12.8 Å². The summed E-state index contributed by atoms with van der Waals surface area (Å²) in [5, 5.41) is 2.67. The minimum Gasteiger partial charge on any atom is -0.494 e. The van der Waals surface area contributed by atoms with Crippen molar-refractivity contribution in [2.75, 3.05) is 33.0 Å². The monoisotopic (exact) mass is 1100 g/mol. The molecule has 0 saturated carbocycles. The Morgan fingerprint density at radius 2 is 0.768 bits per heavy atom. The van der Waals surface area contributed by atoms with Crippen molar-refractivity contribution in [3.8, 4) is 62.6 Å². The van der Waals surface area contributed by atoms with Crippen molar-refractivity contribution in [1.29, 1.82) is 0 Å². The number of carbonyl (C=O) groups is 4. The minimum atomic E-state index is -0.484. The molecule has 0 aliphatic rings. The molecule has 0 N–H and O–H groups in total. The summed E-state index contributed by atoms with van der Waals surface area (Å²) in [6.07, 6.45) is 13.8. The van der Waals surface area contributed by atoms with Crippen LogP contribution in [0, 0.1) is 0 Å². The Hall–Kier alpha value is -9.23. The summed E-state index contributed by atoms with van der Waals surface area (Å²) in [5.41, 5.74) is 5.10. The van der Waals surface area contributed by atoms with E-state index in [2.05, 4.69) is 38.3 Å². The van der Waals surface area contributed by atoms with Gasteiger partial charge in [-0.05, 0) is 195 Å². The summed E-state index contributed by atoms with van der Waals surface area (Å²) >= 11 is 0. The minimum absolute atomic E-state index is 0.383. The van der Waals surface area contributed by atoms with Crippen molar-refractivity contribution in [3.63, 3.8) is 0 Å². The zero-order chi connectivity index (χ0) is 57.3. The molecule has 0 aliphatic carbocycles. The number of hydrogen-bond donors (Lipinski definition) is 0. The first-order chi connectivity index (χ1) is 40.2. The van der Waals surface area contributed by atoms with Gasteiger partial charge in [-0.1, -0.05) is 87.9 Å². The average molecular weight is 1100 g/mol. The van der Waals surface area contributed by atoms with Gasteiger partial charge in [0.25, 0.3) is 0 Å². The molecule has 0 bridgehead atoms. The third-order valence-corrected chi connectivity index (χ3v) is 13.5. The molecule has 0 amide bonds. The number of unbranched alkanes of at least 4 members (excludes halogenated alkanes) is 9. The van der Waals surface area contributed by atoms with E-state index in [0.717, 1.165) is 126 Å². The highest BCUT2D eigenvalue weighted by Crippen LogP contribution is 2.38. The molecule has 13 heteroatoms. The predicted molar refractivity (Wildman–Crippen MR) is 319 cm³/mol. The van der Waals surface area contributed by atoms with Crippen LogP contribution in [0.15, 0.2) is 183 Å². The molecular weight excluding hydrogens is 1030 g/mol. The molecule has 82 heavy (non-hydrogen) atoms. The van der Waals surface area contributed by atoms with Gasteiger partial charge in [0, 0.05) is 22.9 Å². The number of benzene rings is 7. The number of hydrogen-bond acceptors (Lipinski definition) is 13. The van der Waals surface area contributed by atoms with Crippen LogP contribution < -0.4 is 28.4 Å². The Bertz CT molecular complexity index is 3390. The number of nitrogens with zero attached hydrogens (tertiary/aromatic N) is 1. The Morgan fingerprint density at radius 1 is 0.390 bits per heavy atom. The Morgan fingerprint density at radius 3 is 1.21 bits per heavy atom. The molecule has 0 atom stereocenters. The largest absolute Gasteiger partial charge is 0.494 e. The predicted octanol–water partition coefficient (Wildman–Crippen LogP) is 16.2. The van der Waals surface area contributed by atoms with Crippen LogP contribution in [0.5, 0.6) is 40.4 Å². The Labute approximate surface area is 479 Å². The van der Waals surface area contributed by atoms with E-state index in [9.17, 15) is 19.2 Å². The fourth-order valence-corrected chi connectivity index (χ4v) is 8.94. The molecule has 7 aromatic carbocycles. The SMILES string of the molecule is C=CC(=O)OCCCCCCOc1ccc(OC(=O)c2ccc(-c3ccc4c(c3)nc(Oc3ccc(OCCCCCC)cc3)c3cc(-c5ccc(C(=O)Oc6ccc(OCCCCCCOC(=O)C=C)cc6)cc5)ccc34)cc2)cc1. The molecule has 0 radical (unpaired) electrons. The molecular formula is C69H69NO12. The van der Waals surface area contributed by atoms with Crippen molar-refractivity contribution >= 4 is 45.6 Å². The van der Waals surface area contributed by atoms with Gasteiger partial charge in [-0.25, -0.2) is 24.2 Å². The normalized spacial score (nSPS) is 10.9. The summed E-state index contributed by atoms with van der Waals surface area (Å²) in [5.74, 6) is 2.18. The third-order valence-electron chi connectivity index (χ3n) is 13.5. The fraction of sp³-hybridized carbons (Fsp3) is 0.261. The molecule has 1 aromatic heterocycles. The van der Waals surface area contributed by atoms with Gasteiger partial charge in [-0.3, -0.25) is 0 Å². The molecule has 8 aromatic rings. The van der Waals surface area contributed by atoms with Crippen molar-refractivity contribution < 1.29 is 57.1 Å². The van der Waals surface area contributed by atoms with E-state index >= 15 is 0 Å². The maximum absolute atomic E-state index is 13.3. The molecule has 0 fully saturated rings. The van der Waals surface area contributed by atoms with Crippen LogP contribution in [0.2, 0.25) is 0 Å². The standard InChI is InChI=1S/C69H69NO12/c1-4-7-8-13-42-75-55-28-34-58(35-29-55)80-67-63-47-53(49-18-22-51(23-19-49)68(73)81-59-36-30-56(31-37-59)76-43-14-9-11-16-45-78-65(71)5-2)26-40-61(63)62-41-27-54(48-64(62)70-67)50-20-24-52(25-21-50)69(74)82-60-38-32-57(33-39-60)77-44-15-10-12-17-46-79-66(72)6-3/h5-6,18-41,47-48H,2-4,7-17,42-46H2,1H3. The second-order valence-electron chi connectivity index (χ2n) is 19.5. The van der Waals surface area contributed by atoms with Crippen LogP contribution in [-0.2, 0) is 19.1 Å². The van der Waals surface area contributed by atoms with E-state index in [1.54, 1.807) is 72.8 Å². The number of esters is 4. The number of ether oxygens (including phenoxy) is 8. The Balaban J connectivity index is 0.917. The van der Waals surface area contributed by atoms with E-state index in [1.807, 2.05) is 66.7 Å². The van der Waals surface area contributed by atoms with E-state index in [4.69, 9.17) is 42.9 Å². The first-order valence-electron chi connectivity index (χ1n) is 28.1. The molecule has 13 nitrogen and oxygen atoms in total. The van der Waals surface area contributed by atoms with Crippen LogP contribution in [-0.4, -0.2) is 61.9 Å². The summed E-state index contributed by atoms with van der Waals surface area (Å²) in [6.45, 7) is 11.5. The highest BCUT2D eigenvalue weighted by molar-refractivity contribution is 6.10. The molecule has 0 unspecified atom stereocenters. The second kappa shape index (κ2) is 30.9. The highest BCUT2D eigenvalue weighted by atomic mass is 16.5. The van der Waals surface area contributed by atoms with Gasteiger partial charge in [0.1, 0.15) is 34.5 Å². The number of aromatic nitrogens is 1. The van der Waals surface area contributed by atoms with Crippen LogP contribution in [0.4, 0.5) is 0 Å². The molecule has 0 spiro atoms. The van der Waals surface area contributed by atoms with Crippen molar-refractivity contribution in [3.05, 3.63) is 194 Å². The van der Waals surface area contributed by atoms with E-state index in [0.29, 0.717) is 78.8 Å². The summed E-state index contributed by atoms with van der Waals surface area (Å²) in [7, 11) is 0. The van der Waals surface area contributed by atoms with E-state index < -0.39 is 23.9 Å². The van der Waals surface area contributed by atoms with Gasteiger partial charge in [-0.2, -0.15) is 0 Å². The first kappa shape index (κ1) is 58.9. The van der Waals surface area contributed by atoms with Gasteiger partial charge in [0.15, 0.2) is 0 Å². The van der Waals surface area contributed by atoms with Gasteiger partial charge in [0.05, 0.1) is 49.7 Å². The molecule has 0 saturated heterocycles. The fourth-order valence-electron chi connectivity index (χ4n) is 8.94. The van der Waals surface area contributed by atoms with Crippen LogP contribution in [0.25, 0.3) is 43.9 Å². The molecule has 422 valence electrons. The lowest BCUT2D eigenvalue weighted by molar-refractivity contribution is -0.138. The lowest BCUT2D eigenvalue weighted by atomic mass is 9.97. The number of pyridine rings is 1. The van der Waals surface area contributed by atoms with Crippen LogP contribution in [0.1, 0.15) is 105 Å². The summed E-state index contributed by atoms with van der Waals surface area (Å²) < 4.78 is 45.8. The van der Waals surface area contributed by atoms with Crippen molar-refractivity contribution in [2.24, 2.45) is 0 Å². The average Bonchev–Trinajstić information content (AvgIpc) is 3.51. The molecule has 8 rings (SSSR count). The number of carbonyl (C=O) groups excluding carboxylic acids is 4. The van der Waals surface area contributed by atoms with E-state index in [-0.39, 0.29) is 0 Å².